The van der Waals surface area contributed by atoms with Crippen LogP contribution in [0.1, 0.15) is 27.7 Å². The number of piperazine rings is 1. The van der Waals surface area contributed by atoms with Crippen molar-refractivity contribution in [1.29, 1.82) is 0 Å². The topological polar surface area (TPSA) is 104 Å². The molecule has 1 amide bonds. The summed E-state index contributed by atoms with van der Waals surface area (Å²) in [6.07, 6.45) is 0. The molecule has 1 aromatic carbocycles. The standard InChI is InChI=1S/C18H28N4O5S/c1-14(2)21(15(3)4)18(23)13-19-9-11-20(12-10-19)28(26,27)17-8-6-5-7-16(17)22(24)25/h5-8,14-15H,9-13H2,1-4H3. The fraction of sp³-hybridized carbons (Fsp3) is 0.611. The molecule has 1 aromatic rings. The molecule has 1 saturated heterocycles. The van der Waals surface area contributed by atoms with Gasteiger partial charge in [0.15, 0.2) is 4.90 Å². The highest BCUT2D eigenvalue weighted by molar-refractivity contribution is 7.89. The molecule has 0 atom stereocenters. The van der Waals surface area contributed by atoms with Crippen molar-refractivity contribution in [2.45, 2.75) is 44.7 Å². The van der Waals surface area contributed by atoms with Crippen molar-refractivity contribution in [2.75, 3.05) is 32.7 Å². The van der Waals surface area contributed by atoms with Crippen LogP contribution < -0.4 is 0 Å². The SMILES string of the molecule is CC(C)N(C(=O)CN1CCN(S(=O)(=O)c2ccccc2[N+](=O)[O-])CC1)C(C)C. The monoisotopic (exact) mass is 412 g/mol. The van der Waals surface area contributed by atoms with Crippen molar-refractivity contribution in [3.8, 4) is 0 Å². The van der Waals surface area contributed by atoms with Gasteiger partial charge in [0.1, 0.15) is 0 Å². The molecule has 10 heteroatoms. The van der Waals surface area contributed by atoms with Crippen LogP contribution in [0.2, 0.25) is 0 Å². The van der Waals surface area contributed by atoms with Crippen LogP contribution in [0, 0.1) is 10.1 Å². The van der Waals surface area contributed by atoms with E-state index in [9.17, 15) is 23.3 Å². The molecule has 0 radical (unpaired) electrons. The highest BCUT2D eigenvalue weighted by atomic mass is 32.2. The molecule has 1 aliphatic heterocycles. The molecule has 0 spiro atoms. The van der Waals surface area contributed by atoms with Crippen LogP contribution >= 0.6 is 0 Å². The van der Waals surface area contributed by atoms with Crippen molar-refractivity contribution < 1.29 is 18.1 Å². The lowest BCUT2D eigenvalue weighted by atomic mass is 10.2. The van der Waals surface area contributed by atoms with E-state index in [2.05, 4.69) is 0 Å². The van der Waals surface area contributed by atoms with E-state index >= 15 is 0 Å². The lowest BCUT2D eigenvalue weighted by molar-refractivity contribution is -0.387. The maximum atomic E-state index is 12.9. The second-order valence-electron chi connectivity index (χ2n) is 7.39. The Labute approximate surface area is 166 Å². The van der Waals surface area contributed by atoms with Gasteiger partial charge < -0.3 is 4.90 Å². The van der Waals surface area contributed by atoms with E-state index in [0.717, 1.165) is 0 Å². The maximum Gasteiger partial charge on any atom is 0.289 e. The smallest absolute Gasteiger partial charge is 0.289 e. The first kappa shape index (κ1) is 22.3. The fourth-order valence-electron chi connectivity index (χ4n) is 3.54. The Morgan fingerprint density at radius 2 is 1.64 bits per heavy atom. The number of sulfonamides is 1. The highest BCUT2D eigenvalue weighted by Crippen LogP contribution is 2.26. The summed E-state index contributed by atoms with van der Waals surface area (Å²) in [6.45, 7) is 9.27. The minimum atomic E-state index is -3.96. The van der Waals surface area contributed by atoms with Gasteiger partial charge in [0.25, 0.3) is 5.69 Å². The molecule has 1 heterocycles. The number of amides is 1. The fourth-order valence-corrected chi connectivity index (χ4v) is 5.12. The number of carbonyl (C=O) groups excluding carboxylic acids is 1. The summed E-state index contributed by atoms with van der Waals surface area (Å²) in [4.78, 5) is 26.5. The van der Waals surface area contributed by atoms with Crippen LogP contribution in [-0.2, 0) is 14.8 Å². The van der Waals surface area contributed by atoms with Crippen molar-refractivity contribution in [3.05, 3.63) is 34.4 Å². The Hall–Kier alpha value is -2.04. The molecule has 2 rings (SSSR count). The minimum Gasteiger partial charge on any atom is -0.337 e. The Morgan fingerprint density at radius 3 is 2.14 bits per heavy atom. The molecule has 156 valence electrons. The van der Waals surface area contributed by atoms with Gasteiger partial charge in [-0.2, -0.15) is 4.31 Å². The van der Waals surface area contributed by atoms with Gasteiger partial charge in [0.05, 0.1) is 11.5 Å². The maximum absolute atomic E-state index is 12.9. The van der Waals surface area contributed by atoms with E-state index < -0.39 is 20.6 Å². The number of nitro benzene ring substituents is 1. The third-order valence-corrected chi connectivity index (χ3v) is 6.72. The summed E-state index contributed by atoms with van der Waals surface area (Å²) in [7, 11) is -3.96. The summed E-state index contributed by atoms with van der Waals surface area (Å²) >= 11 is 0. The molecule has 0 N–H and O–H groups in total. The molecule has 1 aliphatic rings. The Balaban J connectivity index is 2.06. The zero-order chi connectivity index (χ0) is 21.1. The number of nitrogens with zero attached hydrogens (tertiary/aromatic N) is 4. The van der Waals surface area contributed by atoms with Gasteiger partial charge in [0, 0.05) is 44.3 Å². The van der Waals surface area contributed by atoms with Crippen molar-refractivity contribution in [1.82, 2.24) is 14.1 Å². The lowest BCUT2D eigenvalue weighted by Gasteiger charge is -2.36. The predicted molar refractivity (Wildman–Crippen MR) is 105 cm³/mol. The molecule has 1 fully saturated rings. The van der Waals surface area contributed by atoms with Gasteiger partial charge in [-0.05, 0) is 33.8 Å². The molecular formula is C18H28N4O5S. The van der Waals surface area contributed by atoms with Crippen molar-refractivity contribution in [3.63, 3.8) is 0 Å². The first-order valence-electron chi connectivity index (χ1n) is 9.32. The molecule has 0 unspecified atom stereocenters. The zero-order valence-electron chi connectivity index (χ0n) is 16.7. The number of hydrogen-bond donors (Lipinski definition) is 0. The van der Waals surface area contributed by atoms with E-state index in [1.807, 2.05) is 37.5 Å². The van der Waals surface area contributed by atoms with Gasteiger partial charge in [-0.25, -0.2) is 8.42 Å². The predicted octanol–water partition coefficient (Wildman–Crippen LogP) is 1.55. The molecule has 9 nitrogen and oxygen atoms in total. The molecule has 0 saturated carbocycles. The average Bonchev–Trinajstić information content (AvgIpc) is 2.61. The van der Waals surface area contributed by atoms with Gasteiger partial charge in [-0.15, -0.1) is 0 Å². The average molecular weight is 413 g/mol. The number of benzene rings is 1. The van der Waals surface area contributed by atoms with Crippen LogP contribution in [0.4, 0.5) is 5.69 Å². The Bertz CT molecular complexity index is 809. The zero-order valence-corrected chi connectivity index (χ0v) is 17.6. The molecular weight excluding hydrogens is 384 g/mol. The van der Waals surface area contributed by atoms with Crippen LogP contribution in [0.25, 0.3) is 0 Å². The Kier molecular flexibility index (Phi) is 7.13. The number of rotatable bonds is 7. The third kappa shape index (κ3) is 4.86. The summed E-state index contributed by atoms with van der Waals surface area (Å²) in [5, 5.41) is 11.2. The van der Waals surface area contributed by atoms with E-state index in [-0.39, 0.29) is 42.5 Å². The Morgan fingerprint density at radius 1 is 1.11 bits per heavy atom. The number of nitro groups is 1. The van der Waals surface area contributed by atoms with Crippen LogP contribution in [0.5, 0.6) is 0 Å². The van der Waals surface area contributed by atoms with E-state index in [4.69, 9.17) is 0 Å². The first-order valence-corrected chi connectivity index (χ1v) is 10.8. The van der Waals surface area contributed by atoms with Crippen LogP contribution in [-0.4, -0.2) is 78.2 Å². The molecule has 28 heavy (non-hydrogen) atoms. The lowest BCUT2D eigenvalue weighted by Crippen LogP contribution is -2.53. The van der Waals surface area contributed by atoms with E-state index in [1.54, 1.807) is 0 Å². The molecule has 0 aliphatic carbocycles. The second-order valence-corrected chi connectivity index (χ2v) is 9.30. The van der Waals surface area contributed by atoms with Crippen molar-refractivity contribution >= 4 is 21.6 Å². The van der Waals surface area contributed by atoms with Gasteiger partial charge >= 0.3 is 0 Å². The highest BCUT2D eigenvalue weighted by Gasteiger charge is 2.34. The van der Waals surface area contributed by atoms with Crippen molar-refractivity contribution in [2.24, 2.45) is 0 Å². The van der Waals surface area contributed by atoms with Crippen LogP contribution in [0.3, 0.4) is 0 Å². The van der Waals surface area contributed by atoms with Gasteiger partial charge in [0.2, 0.25) is 15.9 Å². The summed E-state index contributed by atoms with van der Waals surface area (Å²) in [6, 6.07) is 5.54. The van der Waals surface area contributed by atoms with E-state index in [1.165, 1.54) is 28.6 Å². The van der Waals surface area contributed by atoms with Crippen LogP contribution in [0.15, 0.2) is 29.2 Å². The summed E-state index contributed by atoms with van der Waals surface area (Å²) < 4.78 is 27.0. The summed E-state index contributed by atoms with van der Waals surface area (Å²) in [5.41, 5.74) is -0.426. The number of para-hydroxylation sites is 1. The number of hydrogen-bond acceptors (Lipinski definition) is 6. The molecule has 0 aromatic heterocycles. The quantitative estimate of drug-likeness (QED) is 0.497. The molecule has 0 bridgehead atoms. The second kappa shape index (κ2) is 8.97. The first-order chi connectivity index (χ1) is 13.1. The summed E-state index contributed by atoms with van der Waals surface area (Å²) in [5.74, 6) is 0.0139. The number of carbonyl (C=O) groups is 1. The van der Waals surface area contributed by atoms with E-state index in [0.29, 0.717) is 13.1 Å². The van der Waals surface area contributed by atoms with Gasteiger partial charge in [-0.1, -0.05) is 12.1 Å². The largest absolute Gasteiger partial charge is 0.337 e. The minimum absolute atomic E-state index is 0.0139. The van der Waals surface area contributed by atoms with Gasteiger partial charge in [-0.3, -0.25) is 19.8 Å². The third-order valence-electron chi connectivity index (χ3n) is 4.77. The normalized spacial score (nSPS) is 16.5.